The number of fused-ring (bicyclic) bond motifs is 1. The van der Waals surface area contributed by atoms with E-state index in [9.17, 15) is 9.59 Å². The van der Waals surface area contributed by atoms with Gasteiger partial charge in [-0.3, -0.25) is 9.59 Å². The number of carbonyl (C=O) groups is 2. The maximum atomic E-state index is 12.7. The lowest BCUT2D eigenvalue weighted by Gasteiger charge is -2.30. The van der Waals surface area contributed by atoms with E-state index in [0.717, 1.165) is 16.7 Å². The van der Waals surface area contributed by atoms with Crippen molar-refractivity contribution < 1.29 is 19.1 Å². The van der Waals surface area contributed by atoms with E-state index in [2.05, 4.69) is 0 Å². The third-order valence-electron chi connectivity index (χ3n) is 4.56. The van der Waals surface area contributed by atoms with Gasteiger partial charge in [-0.2, -0.15) is 0 Å². The van der Waals surface area contributed by atoms with Gasteiger partial charge in [0, 0.05) is 12.3 Å². The lowest BCUT2D eigenvalue weighted by atomic mass is 9.72. The molecular weight excluding hydrogens is 292 g/mol. The molecule has 1 aliphatic rings. The monoisotopic (exact) mass is 310 g/mol. The molecule has 0 saturated carbocycles. The summed E-state index contributed by atoms with van der Waals surface area (Å²) in [5.74, 6) is -1.54. The van der Waals surface area contributed by atoms with Crippen LogP contribution in [0.25, 0.3) is 0 Å². The number of ether oxygens (including phenoxy) is 2. The smallest absolute Gasteiger partial charge is 0.324 e. The first-order valence-electron chi connectivity index (χ1n) is 7.44. The molecule has 0 radical (unpaired) electrons. The summed E-state index contributed by atoms with van der Waals surface area (Å²) < 4.78 is 10.0. The van der Waals surface area contributed by atoms with Gasteiger partial charge in [-0.25, -0.2) is 0 Å². The first-order valence-corrected chi connectivity index (χ1v) is 7.44. The Hall–Kier alpha value is -2.62. The van der Waals surface area contributed by atoms with Crippen molar-refractivity contribution in [2.75, 3.05) is 14.2 Å². The topological polar surface area (TPSA) is 52.6 Å². The summed E-state index contributed by atoms with van der Waals surface area (Å²) in [7, 11) is 2.61. The molecule has 23 heavy (non-hydrogen) atoms. The fraction of sp³-hybridized carbons (Fsp3) is 0.263. The average Bonchev–Trinajstić information content (AvgIpc) is 2.97. The van der Waals surface area contributed by atoms with E-state index in [0.29, 0.717) is 0 Å². The molecule has 0 heterocycles. The summed E-state index contributed by atoms with van der Waals surface area (Å²) >= 11 is 0. The van der Waals surface area contributed by atoms with Gasteiger partial charge in [-0.05, 0) is 16.7 Å². The van der Waals surface area contributed by atoms with Crippen LogP contribution in [0.1, 0.15) is 22.6 Å². The molecule has 2 aromatic rings. The summed E-state index contributed by atoms with van der Waals surface area (Å²) in [6, 6.07) is 17.3. The maximum absolute atomic E-state index is 12.7. The van der Waals surface area contributed by atoms with Crippen LogP contribution in [0.5, 0.6) is 0 Å². The van der Waals surface area contributed by atoms with Gasteiger partial charge in [0.1, 0.15) is 0 Å². The van der Waals surface area contributed by atoms with E-state index in [1.807, 2.05) is 54.6 Å². The number of benzene rings is 2. The summed E-state index contributed by atoms with van der Waals surface area (Å²) in [4.78, 5) is 25.3. The van der Waals surface area contributed by atoms with E-state index in [4.69, 9.17) is 9.47 Å². The third kappa shape index (κ3) is 2.22. The minimum atomic E-state index is -1.38. The lowest BCUT2D eigenvalue weighted by molar-refractivity contribution is -0.169. The van der Waals surface area contributed by atoms with Crippen molar-refractivity contribution in [1.82, 2.24) is 0 Å². The van der Waals surface area contributed by atoms with Crippen LogP contribution in [0.15, 0.2) is 54.6 Å². The summed E-state index contributed by atoms with van der Waals surface area (Å²) in [5, 5.41) is 0. The van der Waals surface area contributed by atoms with Crippen molar-refractivity contribution in [1.29, 1.82) is 0 Å². The highest BCUT2D eigenvalue weighted by atomic mass is 16.5. The van der Waals surface area contributed by atoms with E-state index in [1.54, 1.807) is 0 Å². The van der Waals surface area contributed by atoms with Crippen molar-refractivity contribution in [3.05, 3.63) is 71.3 Å². The molecule has 0 amide bonds. The Balaban J connectivity index is 2.26. The summed E-state index contributed by atoms with van der Waals surface area (Å²) in [5.41, 5.74) is 1.45. The first-order chi connectivity index (χ1) is 11.1. The maximum Gasteiger partial charge on any atom is 0.324 e. The molecule has 118 valence electrons. The fourth-order valence-electron chi connectivity index (χ4n) is 3.58. The van der Waals surface area contributed by atoms with Crippen LogP contribution >= 0.6 is 0 Å². The standard InChI is InChI=1S/C19H18O4/c1-22-17(20)19(18(21)23-2)12-14-10-6-7-11-15(14)16(19)13-8-4-3-5-9-13/h3-11,16H,12H2,1-2H3. The predicted octanol–water partition coefficient (Wildman–Crippen LogP) is 2.71. The van der Waals surface area contributed by atoms with Crippen LogP contribution in [-0.4, -0.2) is 26.2 Å². The molecule has 0 fully saturated rings. The van der Waals surface area contributed by atoms with Crippen LogP contribution in [-0.2, 0) is 25.5 Å². The molecule has 0 aromatic heterocycles. The Morgan fingerprint density at radius 3 is 2.09 bits per heavy atom. The van der Waals surface area contributed by atoms with Crippen LogP contribution in [0, 0.1) is 5.41 Å². The largest absolute Gasteiger partial charge is 0.468 e. The number of hydrogen-bond donors (Lipinski definition) is 0. The molecule has 4 nitrogen and oxygen atoms in total. The zero-order chi connectivity index (χ0) is 16.4. The van der Waals surface area contributed by atoms with Crippen LogP contribution in [0.3, 0.4) is 0 Å². The van der Waals surface area contributed by atoms with Gasteiger partial charge in [0.2, 0.25) is 0 Å². The number of methoxy groups -OCH3 is 2. The second kappa shape index (κ2) is 5.88. The quantitative estimate of drug-likeness (QED) is 0.646. The predicted molar refractivity (Wildman–Crippen MR) is 84.9 cm³/mol. The highest BCUT2D eigenvalue weighted by molar-refractivity contribution is 6.03. The highest BCUT2D eigenvalue weighted by Gasteiger charge is 2.59. The van der Waals surface area contributed by atoms with Crippen LogP contribution < -0.4 is 0 Å². The fourth-order valence-corrected chi connectivity index (χ4v) is 3.58. The minimum absolute atomic E-state index is 0.280. The van der Waals surface area contributed by atoms with Gasteiger partial charge in [-0.15, -0.1) is 0 Å². The Kier molecular flexibility index (Phi) is 3.90. The molecule has 1 aliphatic carbocycles. The molecule has 1 unspecified atom stereocenters. The summed E-state index contributed by atoms with van der Waals surface area (Å²) in [6.45, 7) is 0. The van der Waals surface area contributed by atoms with Gasteiger partial charge in [0.05, 0.1) is 14.2 Å². The van der Waals surface area contributed by atoms with Gasteiger partial charge in [0.15, 0.2) is 5.41 Å². The van der Waals surface area contributed by atoms with E-state index >= 15 is 0 Å². The minimum Gasteiger partial charge on any atom is -0.468 e. The van der Waals surface area contributed by atoms with Crippen molar-refractivity contribution >= 4 is 11.9 Å². The van der Waals surface area contributed by atoms with Crippen LogP contribution in [0.4, 0.5) is 0 Å². The van der Waals surface area contributed by atoms with Crippen molar-refractivity contribution in [2.45, 2.75) is 12.3 Å². The van der Waals surface area contributed by atoms with Crippen molar-refractivity contribution in [2.24, 2.45) is 5.41 Å². The van der Waals surface area contributed by atoms with E-state index in [-0.39, 0.29) is 6.42 Å². The molecule has 0 aliphatic heterocycles. The number of esters is 2. The van der Waals surface area contributed by atoms with Gasteiger partial charge in [0.25, 0.3) is 0 Å². The van der Waals surface area contributed by atoms with E-state index < -0.39 is 23.3 Å². The molecule has 0 saturated heterocycles. The second-order valence-electron chi connectivity index (χ2n) is 5.67. The molecular formula is C19H18O4. The first kappa shape index (κ1) is 15.3. The zero-order valence-corrected chi connectivity index (χ0v) is 13.1. The average molecular weight is 310 g/mol. The molecule has 1 atom stereocenters. The molecule has 0 spiro atoms. The van der Waals surface area contributed by atoms with Gasteiger partial charge < -0.3 is 9.47 Å². The lowest BCUT2D eigenvalue weighted by Crippen LogP contribution is -2.45. The molecule has 0 N–H and O–H groups in total. The van der Waals surface area contributed by atoms with Gasteiger partial charge in [-0.1, -0.05) is 54.6 Å². The molecule has 2 aromatic carbocycles. The highest BCUT2D eigenvalue weighted by Crippen LogP contribution is 2.52. The Morgan fingerprint density at radius 2 is 1.48 bits per heavy atom. The Bertz CT molecular complexity index is 720. The van der Waals surface area contributed by atoms with Crippen molar-refractivity contribution in [3.63, 3.8) is 0 Å². The molecule has 0 bridgehead atoms. The summed E-state index contributed by atoms with van der Waals surface area (Å²) in [6.07, 6.45) is 0.280. The number of rotatable bonds is 3. The SMILES string of the molecule is COC(=O)C1(C(=O)OC)Cc2ccccc2C1c1ccccc1. The van der Waals surface area contributed by atoms with Crippen LogP contribution in [0.2, 0.25) is 0 Å². The Morgan fingerprint density at radius 1 is 0.913 bits per heavy atom. The second-order valence-corrected chi connectivity index (χ2v) is 5.67. The number of carbonyl (C=O) groups excluding carboxylic acids is 2. The van der Waals surface area contributed by atoms with Gasteiger partial charge >= 0.3 is 11.9 Å². The molecule has 3 rings (SSSR count). The van der Waals surface area contributed by atoms with Crippen molar-refractivity contribution in [3.8, 4) is 0 Å². The normalized spacial score (nSPS) is 18.1. The zero-order valence-electron chi connectivity index (χ0n) is 13.1. The number of hydrogen-bond acceptors (Lipinski definition) is 4. The third-order valence-corrected chi connectivity index (χ3v) is 4.56. The molecule has 4 heteroatoms. The Labute approximate surface area is 135 Å². The van der Waals surface area contributed by atoms with E-state index in [1.165, 1.54) is 14.2 Å².